The van der Waals surface area contributed by atoms with Crippen molar-refractivity contribution in [3.63, 3.8) is 0 Å². The minimum atomic E-state index is -0.683. The maximum Gasteiger partial charge on any atom is 0.330 e. The van der Waals surface area contributed by atoms with E-state index in [2.05, 4.69) is 6.92 Å². The maximum absolute atomic E-state index is 11.7. The van der Waals surface area contributed by atoms with Gasteiger partial charge in [-0.1, -0.05) is 96.8 Å². The van der Waals surface area contributed by atoms with Crippen molar-refractivity contribution < 1.29 is 14.3 Å². The summed E-state index contributed by atoms with van der Waals surface area (Å²) in [6.45, 7) is 2.27. The molecule has 2 N–H and O–H groups in total. The van der Waals surface area contributed by atoms with E-state index in [-0.39, 0.29) is 29.6 Å². The van der Waals surface area contributed by atoms with E-state index in [9.17, 15) is 9.59 Å². The van der Waals surface area contributed by atoms with Gasteiger partial charge in [0.1, 0.15) is 6.04 Å². The standard InChI is InChI=1S/C23H45NO3S.Na/c1-3-4-5-6-7-8-9-10-11-12-13-14-15-16-17-18-22(25)27-23(26)21(24)19-20-28-2;/h21H,3-20,24H2,1-2H3;/t21-;/m0./s1. The van der Waals surface area contributed by atoms with Gasteiger partial charge in [0.15, 0.2) is 0 Å². The first-order chi connectivity index (χ1) is 13.6. The molecule has 0 saturated carbocycles. The van der Waals surface area contributed by atoms with Crippen molar-refractivity contribution >= 4 is 53.3 Å². The first kappa shape index (κ1) is 31.6. The smallest absolute Gasteiger partial charge is 0.330 e. The molecular weight excluding hydrogens is 393 g/mol. The second kappa shape index (κ2) is 24.7. The molecule has 1 radical (unpaired) electrons. The van der Waals surface area contributed by atoms with Gasteiger partial charge in [0.05, 0.1) is 0 Å². The Morgan fingerprint density at radius 2 is 1.21 bits per heavy atom. The number of carbonyl (C=O) groups is 2. The van der Waals surface area contributed by atoms with Crippen molar-refractivity contribution in [2.24, 2.45) is 5.73 Å². The first-order valence-electron chi connectivity index (χ1n) is 11.6. The van der Waals surface area contributed by atoms with Crippen LogP contribution in [0.15, 0.2) is 0 Å². The number of thioether (sulfide) groups is 1. The molecule has 0 bridgehead atoms. The third kappa shape index (κ3) is 22.9. The minimum Gasteiger partial charge on any atom is -0.392 e. The van der Waals surface area contributed by atoms with E-state index in [4.69, 9.17) is 10.5 Å². The summed E-state index contributed by atoms with van der Waals surface area (Å²) in [6.07, 6.45) is 22.2. The molecule has 0 aromatic rings. The van der Waals surface area contributed by atoms with Crippen LogP contribution in [0.3, 0.4) is 0 Å². The van der Waals surface area contributed by atoms with Gasteiger partial charge in [-0.15, -0.1) is 0 Å². The molecule has 4 nitrogen and oxygen atoms in total. The fourth-order valence-corrected chi connectivity index (χ4v) is 3.73. The molecule has 29 heavy (non-hydrogen) atoms. The number of unbranched alkanes of at least 4 members (excludes halogenated alkanes) is 14. The molecule has 0 aromatic heterocycles. The van der Waals surface area contributed by atoms with Crippen molar-refractivity contribution in [1.29, 1.82) is 0 Å². The molecule has 1 atom stereocenters. The second-order valence-electron chi connectivity index (χ2n) is 7.88. The van der Waals surface area contributed by atoms with E-state index >= 15 is 0 Å². The summed E-state index contributed by atoms with van der Waals surface area (Å²) >= 11 is 1.63. The quantitative estimate of drug-likeness (QED) is 0.109. The van der Waals surface area contributed by atoms with Gasteiger partial charge < -0.3 is 10.5 Å². The molecule has 0 rings (SSSR count). The fraction of sp³-hybridized carbons (Fsp3) is 0.913. The van der Waals surface area contributed by atoms with E-state index in [0.29, 0.717) is 12.8 Å². The maximum atomic E-state index is 11.7. The second-order valence-corrected chi connectivity index (χ2v) is 8.87. The molecule has 0 amide bonds. The Kier molecular flexibility index (Phi) is 27.0. The van der Waals surface area contributed by atoms with E-state index in [0.717, 1.165) is 25.0 Å². The zero-order valence-corrected chi connectivity index (χ0v) is 22.3. The van der Waals surface area contributed by atoms with Crippen LogP contribution in [0, 0.1) is 0 Å². The van der Waals surface area contributed by atoms with Gasteiger partial charge >= 0.3 is 11.9 Å². The van der Waals surface area contributed by atoms with Gasteiger partial charge in [-0.3, -0.25) is 4.79 Å². The summed E-state index contributed by atoms with van der Waals surface area (Å²) in [7, 11) is 0. The third-order valence-corrected chi connectivity index (χ3v) is 5.78. The van der Waals surface area contributed by atoms with Crippen molar-refractivity contribution in [2.45, 2.75) is 122 Å². The summed E-state index contributed by atoms with van der Waals surface area (Å²) in [4.78, 5) is 23.3. The van der Waals surface area contributed by atoms with Crippen molar-refractivity contribution in [3.05, 3.63) is 0 Å². The molecule has 0 aliphatic carbocycles. The van der Waals surface area contributed by atoms with Crippen LogP contribution in [0.25, 0.3) is 0 Å². The monoisotopic (exact) mass is 438 g/mol. The van der Waals surface area contributed by atoms with Crippen LogP contribution in [0.5, 0.6) is 0 Å². The van der Waals surface area contributed by atoms with Crippen molar-refractivity contribution in [3.8, 4) is 0 Å². The topological polar surface area (TPSA) is 69.4 Å². The van der Waals surface area contributed by atoms with Crippen LogP contribution in [-0.4, -0.2) is 59.5 Å². The molecule has 0 fully saturated rings. The molecule has 0 aliphatic heterocycles. The van der Waals surface area contributed by atoms with Gasteiger partial charge in [0.25, 0.3) is 0 Å². The van der Waals surface area contributed by atoms with E-state index < -0.39 is 18.0 Å². The summed E-state index contributed by atoms with van der Waals surface area (Å²) in [5.41, 5.74) is 5.70. The van der Waals surface area contributed by atoms with Gasteiger partial charge in [-0.2, -0.15) is 11.8 Å². The number of hydrogen-bond donors (Lipinski definition) is 1. The summed E-state index contributed by atoms with van der Waals surface area (Å²) < 4.78 is 4.82. The number of esters is 2. The Labute approximate surface area is 206 Å². The number of rotatable bonds is 20. The van der Waals surface area contributed by atoms with Crippen LogP contribution < -0.4 is 5.73 Å². The van der Waals surface area contributed by atoms with Crippen LogP contribution in [-0.2, 0) is 14.3 Å². The van der Waals surface area contributed by atoms with Crippen LogP contribution >= 0.6 is 11.8 Å². The van der Waals surface area contributed by atoms with E-state index in [1.807, 2.05) is 6.26 Å². The average molecular weight is 439 g/mol. The van der Waals surface area contributed by atoms with Crippen LogP contribution in [0.4, 0.5) is 0 Å². The predicted octanol–water partition coefficient (Wildman–Crippen LogP) is 6.02. The van der Waals surface area contributed by atoms with Gasteiger partial charge in [-0.25, -0.2) is 4.79 Å². The molecule has 0 unspecified atom stereocenters. The first-order valence-corrected chi connectivity index (χ1v) is 13.0. The van der Waals surface area contributed by atoms with Gasteiger partial charge in [0.2, 0.25) is 0 Å². The minimum absolute atomic E-state index is 0. The largest absolute Gasteiger partial charge is 0.392 e. The third-order valence-electron chi connectivity index (χ3n) is 5.13. The predicted molar refractivity (Wildman–Crippen MR) is 127 cm³/mol. The molecular formula is C23H45NNaO3S. The van der Waals surface area contributed by atoms with Gasteiger partial charge in [0, 0.05) is 36.0 Å². The molecule has 0 heterocycles. The van der Waals surface area contributed by atoms with Crippen molar-refractivity contribution in [2.75, 3.05) is 12.0 Å². The van der Waals surface area contributed by atoms with Crippen LogP contribution in [0.2, 0.25) is 0 Å². The summed E-state index contributed by atoms with van der Waals surface area (Å²) in [6, 6.07) is -0.683. The Morgan fingerprint density at radius 1 is 0.793 bits per heavy atom. The molecule has 0 saturated heterocycles. The number of hydrogen-bond acceptors (Lipinski definition) is 5. The van der Waals surface area contributed by atoms with E-state index in [1.54, 1.807) is 11.8 Å². The van der Waals surface area contributed by atoms with Gasteiger partial charge in [-0.05, 0) is 24.9 Å². The summed E-state index contributed by atoms with van der Waals surface area (Å²) in [5, 5.41) is 0. The Hall–Kier alpha value is 0.450. The molecule has 0 aliphatic rings. The van der Waals surface area contributed by atoms with E-state index in [1.165, 1.54) is 77.0 Å². The molecule has 0 spiro atoms. The number of ether oxygens (including phenoxy) is 1. The van der Waals surface area contributed by atoms with Crippen molar-refractivity contribution in [1.82, 2.24) is 0 Å². The molecule has 0 aromatic carbocycles. The SMILES string of the molecule is CCCCCCCCCCCCCCCCCC(=O)OC(=O)[C@@H](N)CCSC.[Na]. The Balaban J connectivity index is 0. The average Bonchev–Trinajstić information content (AvgIpc) is 2.68. The zero-order valence-electron chi connectivity index (χ0n) is 19.5. The number of nitrogens with two attached hydrogens (primary N) is 1. The fourth-order valence-electron chi connectivity index (χ4n) is 3.24. The molecule has 167 valence electrons. The number of carbonyl (C=O) groups excluding carboxylic acids is 2. The Morgan fingerprint density at radius 3 is 1.62 bits per heavy atom. The normalized spacial score (nSPS) is 11.7. The summed E-state index contributed by atoms with van der Waals surface area (Å²) in [5.74, 6) is -0.219. The Bertz CT molecular complexity index is 383. The molecule has 6 heteroatoms. The zero-order chi connectivity index (χ0) is 20.9. The van der Waals surface area contributed by atoms with Crippen LogP contribution in [0.1, 0.15) is 116 Å².